The van der Waals surface area contributed by atoms with Gasteiger partial charge < -0.3 is 14.2 Å². The fourth-order valence-electron chi connectivity index (χ4n) is 3.72. The summed E-state index contributed by atoms with van der Waals surface area (Å²) in [6.45, 7) is 4.69. The van der Waals surface area contributed by atoms with Crippen molar-refractivity contribution in [2.24, 2.45) is 0 Å². The number of rotatable bonds is 6. The third-order valence-corrected chi connectivity index (χ3v) is 6.35. The van der Waals surface area contributed by atoms with Gasteiger partial charge in [-0.25, -0.2) is 4.98 Å². The van der Waals surface area contributed by atoms with Crippen molar-refractivity contribution in [3.8, 4) is 17.2 Å². The van der Waals surface area contributed by atoms with Gasteiger partial charge in [-0.2, -0.15) is 0 Å². The molecule has 0 aliphatic carbocycles. The number of fused-ring (bicyclic) bond motifs is 2. The summed E-state index contributed by atoms with van der Waals surface area (Å²) in [5, 5.41) is 0.585. The third-order valence-electron chi connectivity index (χ3n) is 5.31. The van der Waals surface area contributed by atoms with Crippen LogP contribution in [0.3, 0.4) is 0 Å². The lowest BCUT2D eigenvalue weighted by Crippen LogP contribution is -2.50. The lowest BCUT2D eigenvalue weighted by Gasteiger charge is -2.33. The van der Waals surface area contributed by atoms with Crippen LogP contribution < -0.4 is 19.1 Å². The van der Waals surface area contributed by atoms with E-state index in [1.54, 1.807) is 23.4 Å². The number of anilines is 1. The first kappa shape index (κ1) is 21.2. The van der Waals surface area contributed by atoms with Crippen molar-refractivity contribution in [1.29, 1.82) is 0 Å². The highest BCUT2D eigenvalue weighted by Gasteiger charge is 2.38. The molecule has 33 heavy (non-hydrogen) atoms. The van der Waals surface area contributed by atoms with Crippen molar-refractivity contribution in [2.75, 3.05) is 11.5 Å². The number of ether oxygens (including phenoxy) is 3. The molecule has 3 heterocycles. The first-order valence-electron chi connectivity index (χ1n) is 10.8. The molecule has 0 bridgehead atoms. The summed E-state index contributed by atoms with van der Waals surface area (Å²) in [6, 6.07) is 16.9. The average Bonchev–Trinajstić information content (AvgIpc) is 3.25. The molecule has 2 unspecified atom stereocenters. The largest absolute Gasteiger partial charge is 0.494 e. The number of nitrogens with zero attached hydrogens (tertiary/aromatic N) is 3. The van der Waals surface area contributed by atoms with Crippen molar-refractivity contribution in [1.82, 2.24) is 9.97 Å². The van der Waals surface area contributed by atoms with E-state index in [0.717, 1.165) is 21.5 Å². The maximum absolute atomic E-state index is 13.8. The summed E-state index contributed by atoms with van der Waals surface area (Å²) in [7, 11) is 0. The molecule has 0 radical (unpaired) electrons. The Morgan fingerprint density at radius 1 is 1.12 bits per heavy atom. The zero-order valence-electron chi connectivity index (χ0n) is 18.3. The van der Waals surface area contributed by atoms with Gasteiger partial charge in [-0.1, -0.05) is 29.5 Å². The van der Waals surface area contributed by atoms with Crippen molar-refractivity contribution in [3.63, 3.8) is 0 Å². The SMILES string of the molecule is CCOc1ccc2nc(N(Cc3cccnc3)C(=O)C3Oc4ccccc4OC3C)sc2c1. The predicted molar refractivity (Wildman–Crippen MR) is 127 cm³/mol. The Labute approximate surface area is 195 Å². The Balaban J connectivity index is 1.51. The highest BCUT2D eigenvalue weighted by atomic mass is 32.1. The number of carbonyl (C=O) groups is 1. The van der Waals surface area contributed by atoms with Crippen LogP contribution in [-0.4, -0.2) is 34.7 Å². The molecular formula is C25H23N3O4S. The molecule has 0 N–H and O–H groups in total. The van der Waals surface area contributed by atoms with Gasteiger partial charge in [0, 0.05) is 12.4 Å². The third kappa shape index (κ3) is 4.34. The van der Waals surface area contributed by atoms with Gasteiger partial charge in [0.05, 0.1) is 23.4 Å². The minimum Gasteiger partial charge on any atom is -0.494 e. The maximum atomic E-state index is 13.8. The monoisotopic (exact) mass is 461 g/mol. The number of carbonyl (C=O) groups excluding carboxylic acids is 1. The number of hydrogen-bond acceptors (Lipinski definition) is 7. The molecule has 4 aromatic rings. The minimum atomic E-state index is -0.803. The number of thiazole rings is 1. The molecule has 0 saturated heterocycles. The number of amides is 1. The Hall–Kier alpha value is -3.65. The van der Waals surface area contributed by atoms with E-state index in [9.17, 15) is 4.79 Å². The average molecular weight is 462 g/mol. The molecule has 0 saturated carbocycles. The van der Waals surface area contributed by atoms with E-state index in [1.807, 2.05) is 62.4 Å². The van der Waals surface area contributed by atoms with Gasteiger partial charge in [-0.15, -0.1) is 0 Å². The molecular weight excluding hydrogens is 438 g/mol. The molecule has 1 aliphatic heterocycles. The van der Waals surface area contributed by atoms with Gasteiger partial charge in [-0.05, 0) is 55.8 Å². The summed E-state index contributed by atoms with van der Waals surface area (Å²) < 4.78 is 18.6. The van der Waals surface area contributed by atoms with E-state index in [-0.39, 0.29) is 5.91 Å². The van der Waals surface area contributed by atoms with Crippen molar-refractivity contribution >= 4 is 32.6 Å². The topological polar surface area (TPSA) is 73.8 Å². The first-order valence-corrected chi connectivity index (χ1v) is 11.6. The summed E-state index contributed by atoms with van der Waals surface area (Å²) in [4.78, 5) is 24.4. The zero-order valence-corrected chi connectivity index (χ0v) is 19.1. The molecule has 8 heteroatoms. The highest BCUT2D eigenvalue weighted by Crippen LogP contribution is 2.36. The van der Waals surface area contributed by atoms with Gasteiger partial charge in [0.1, 0.15) is 11.9 Å². The van der Waals surface area contributed by atoms with E-state index in [1.165, 1.54) is 11.3 Å². The van der Waals surface area contributed by atoms with E-state index in [4.69, 9.17) is 19.2 Å². The van der Waals surface area contributed by atoms with E-state index in [2.05, 4.69) is 4.98 Å². The molecule has 1 amide bonds. The van der Waals surface area contributed by atoms with Gasteiger partial charge in [0.2, 0.25) is 6.10 Å². The normalized spacial score (nSPS) is 17.0. The Morgan fingerprint density at radius 3 is 2.70 bits per heavy atom. The number of para-hydroxylation sites is 2. The molecule has 2 aromatic heterocycles. The Kier molecular flexibility index (Phi) is 5.83. The van der Waals surface area contributed by atoms with Crippen molar-refractivity contribution in [2.45, 2.75) is 32.6 Å². The van der Waals surface area contributed by atoms with Crippen LogP contribution in [0, 0.1) is 0 Å². The minimum absolute atomic E-state index is 0.218. The fraction of sp³-hybridized carbons (Fsp3) is 0.240. The quantitative estimate of drug-likeness (QED) is 0.409. The van der Waals surface area contributed by atoms with Crippen LogP contribution in [-0.2, 0) is 11.3 Å². The van der Waals surface area contributed by atoms with Crippen LogP contribution in [0.25, 0.3) is 10.2 Å². The Bertz CT molecular complexity index is 1280. The molecule has 2 atom stereocenters. The van der Waals surface area contributed by atoms with E-state index < -0.39 is 12.2 Å². The summed E-state index contributed by atoms with van der Waals surface area (Å²) in [5.74, 6) is 1.75. The van der Waals surface area contributed by atoms with Gasteiger partial charge >= 0.3 is 0 Å². The van der Waals surface area contributed by atoms with Crippen LogP contribution in [0.15, 0.2) is 67.0 Å². The van der Waals surface area contributed by atoms with E-state index >= 15 is 0 Å². The van der Waals surface area contributed by atoms with Crippen molar-refractivity contribution < 1.29 is 19.0 Å². The molecule has 0 spiro atoms. The second-order valence-corrected chi connectivity index (χ2v) is 8.66. The molecule has 168 valence electrons. The molecule has 2 aromatic carbocycles. The standard InChI is InChI=1S/C25H23N3O4S/c1-3-30-18-10-11-19-22(13-18)33-25(27-19)28(15-17-7-6-12-26-14-17)24(29)23-16(2)31-20-8-4-5-9-21(20)32-23/h4-14,16,23H,3,15H2,1-2H3. The summed E-state index contributed by atoms with van der Waals surface area (Å²) >= 11 is 1.44. The van der Waals surface area contributed by atoms with Crippen LogP contribution in [0.2, 0.25) is 0 Å². The van der Waals surface area contributed by atoms with Crippen LogP contribution in [0.1, 0.15) is 19.4 Å². The number of aromatic nitrogens is 2. The fourth-order valence-corrected chi connectivity index (χ4v) is 4.72. The maximum Gasteiger partial charge on any atom is 0.274 e. The zero-order chi connectivity index (χ0) is 22.8. The second-order valence-electron chi connectivity index (χ2n) is 7.65. The van der Waals surface area contributed by atoms with E-state index in [0.29, 0.717) is 29.8 Å². The lowest BCUT2D eigenvalue weighted by atomic mass is 10.1. The molecule has 1 aliphatic rings. The Morgan fingerprint density at radius 2 is 1.94 bits per heavy atom. The predicted octanol–water partition coefficient (Wildman–Crippen LogP) is 4.85. The van der Waals surface area contributed by atoms with Crippen LogP contribution in [0.5, 0.6) is 17.2 Å². The highest BCUT2D eigenvalue weighted by molar-refractivity contribution is 7.22. The summed E-state index contributed by atoms with van der Waals surface area (Å²) in [6.07, 6.45) is 2.20. The molecule has 5 rings (SSSR count). The summed E-state index contributed by atoms with van der Waals surface area (Å²) in [5.41, 5.74) is 1.70. The van der Waals surface area contributed by atoms with Gasteiger partial charge in [0.15, 0.2) is 16.6 Å². The number of hydrogen-bond donors (Lipinski definition) is 0. The lowest BCUT2D eigenvalue weighted by molar-refractivity contribution is -0.130. The van der Waals surface area contributed by atoms with Crippen LogP contribution in [0.4, 0.5) is 5.13 Å². The first-order chi connectivity index (χ1) is 16.1. The van der Waals surface area contributed by atoms with Crippen molar-refractivity contribution in [3.05, 3.63) is 72.6 Å². The molecule has 0 fully saturated rings. The van der Waals surface area contributed by atoms with Gasteiger partial charge in [0.25, 0.3) is 5.91 Å². The smallest absolute Gasteiger partial charge is 0.274 e. The van der Waals surface area contributed by atoms with Crippen LogP contribution >= 0.6 is 11.3 Å². The second kappa shape index (κ2) is 9.07. The molecule has 7 nitrogen and oxygen atoms in total. The van der Waals surface area contributed by atoms with Gasteiger partial charge in [-0.3, -0.25) is 14.7 Å². The number of pyridine rings is 1. The number of benzene rings is 2.